The molecular weight excluding hydrogens is 296 g/mol. The van der Waals surface area contributed by atoms with Gasteiger partial charge >= 0.3 is 0 Å². The molecular formula is C17H23ClN4. The summed E-state index contributed by atoms with van der Waals surface area (Å²) in [6.45, 7) is 7.04. The van der Waals surface area contributed by atoms with E-state index < -0.39 is 0 Å². The summed E-state index contributed by atoms with van der Waals surface area (Å²) in [5, 5.41) is 7.43. The fourth-order valence-electron chi connectivity index (χ4n) is 2.07. The fraction of sp³-hybridized carbons (Fsp3) is 0.412. The molecule has 1 unspecified atom stereocenters. The number of rotatable bonds is 7. The van der Waals surface area contributed by atoms with Crippen LogP contribution < -0.4 is 10.6 Å². The molecule has 1 atom stereocenters. The molecule has 0 radical (unpaired) electrons. The van der Waals surface area contributed by atoms with Crippen LogP contribution in [0.4, 0.5) is 11.8 Å². The van der Waals surface area contributed by atoms with Crippen LogP contribution in [0.2, 0.25) is 5.02 Å². The van der Waals surface area contributed by atoms with E-state index in [9.17, 15) is 0 Å². The number of aryl methyl sites for hydroxylation is 1. The van der Waals surface area contributed by atoms with Crippen LogP contribution in [-0.4, -0.2) is 22.6 Å². The minimum absolute atomic E-state index is 0.362. The Morgan fingerprint density at radius 2 is 2.05 bits per heavy atom. The van der Waals surface area contributed by atoms with Gasteiger partial charge < -0.3 is 10.6 Å². The molecule has 22 heavy (non-hydrogen) atoms. The van der Waals surface area contributed by atoms with Crippen LogP contribution in [-0.2, 0) is 6.42 Å². The Balaban J connectivity index is 1.94. The summed E-state index contributed by atoms with van der Waals surface area (Å²) in [6, 6.07) is 10.2. The third-order valence-electron chi connectivity index (χ3n) is 3.45. The van der Waals surface area contributed by atoms with Gasteiger partial charge in [-0.3, -0.25) is 0 Å². The van der Waals surface area contributed by atoms with Crippen molar-refractivity contribution < 1.29 is 0 Å². The molecule has 2 rings (SSSR count). The van der Waals surface area contributed by atoms with E-state index in [0.717, 1.165) is 35.9 Å². The molecule has 1 aromatic heterocycles. The van der Waals surface area contributed by atoms with E-state index in [2.05, 4.69) is 40.5 Å². The smallest absolute Gasteiger partial charge is 0.225 e. The first-order valence-corrected chi connectivity index (χ1v) is 8.05. The van der Waals surface area contributed by atoms with Crippen molar-refractivity contribution in [2.75, 3.05) is 17.2 Å². The van der Waals surface area contributed by atoms with E-state index in [0.29, 0.717) is 12.0 Å². The average molecular weight is 319 g/mol. The van der Waals surface area contributed by atoms with Gasteiger partial charge in [0.1, 0.15) is 5.82 Å². The first-order chi connectivity index (χ1) is 10.6. The highest BCUT2D eigenvalue weighted by Gasteiger charge is 2.05. The standard InChI is InChI=1S/C17H23ClN4/c1-4-12(2)20-17-21-13(3)10-16(22-17)19-9-8-14-6-5-7-15(18)11-14/h5-7,10-12H,4,8-9H2,1-3H3,(H2,19,20,21,22). The van der Waals surface area contributed by atoms with Gasteiger partial charge in [0, 0.05) is 29.4 Å². The van der Waals surface area contributed by atoms with Crippen molar-refractivity contribution in [2.24, 2.45) is 0 Å². The molecule has 0 aliphatic carbocycles. The molecule has 118 valence electrons. The first kappa shape index (κ1) is 16.6. The molecule has 0 aliphatic heterocycles. The molecule has 0 aliphatic rings. The summed E-state index contributed by atoms with van der Waals surface area (Å²) >= 11 is 6.00. The molecule has 2 N–H and O–H groups in total. The second kappa shape index (κ2) is 7.99. The molecule has 2 aromatic rings. The first-order valence-electron chi connectivity index (χ1n) is 7.67. The van der Waals surface area contributed by atoms with E-state index in [1.807, 2.05) is 31.2 Å². The van der Waals surface area contributed by atoms with Crippen molar-refractivity contribution in [3.63, 3.8) is 0 Å². The zero-order valence-electron chi connectivity index (χ0n) is 13.4. The zero-order chi connectivity index (χ0) is 15.9. The number of nitrogens with zero attached hydrogens (tertiary/aromatic N) is 2. The summed E-state index contributed by atoms with van der Waals surface area (Å²) < 4.78 is 0. The van der Waals surface area contributed by atoms with Crippen molar-refractivity contribution in [3.8, 4) is 0 Å². The zero-order valence-corrected chi connectivity index (χ0v) is 14.1. The van der Waals surface area contributed by atoms with Gasteiger partial charge in [0.15, 0.2) is 0 Å². The van der Waals surface area contributed by atoms with Crippen molar-refractivity contribution in [2.45, 2.75) is 39.7 Å². The van der Waals surface area contributed by atoms with Crippen LogP contribution in [0.15, 0.2) is 30.3 Å². The van der Waals surface area contributed by atoms with Crippen molar-refractivity contribution in [1.82, 2.24) is 9.97 Å². The maximum atomic E-state index is 6.00. The molecule has 0 saturated carbocycles. The van der Waals surface area contributed by atoms with Crippen molar-refractivity contribution in [3.05, 3.63) is 46.6 Å². The van der Waals surface area contributed by atoms with Gasteiger partial charge in [0.2, 0.25) is 5.95 Å². The maximum Gasteiger partial charge on any atom is 0.225 e. The van der Waals surface area contributed by atoms with Crippen LogP contribution in [0.25, 0.3) is 0 Å². The summed E-state index contributed by atoms with van der Waals surface area (Å²) in [5.41, 5.74) is 2.16. The number of nitrogens with one attached hydrogen (secondary N) is 2. The molecule has 1 heterocycles. The minimum Gasteiger partial charge on any atom is -0.370 e. The molecule has 0 spiro atoms. The van der Waals surface area contributed by atoms with Gasteiger partial charge in [0.05, 0.1) is 0 Å². The van der Waals surface area contributed by atoms with Crippen molar-refractivity contribution in [1.29, 1.82) is 0 Å². The third-order valence-corrected chi connectivity index (χ3v) is 3.69. The van der Waals surface area contributed by atoms with Crippen LogP contribution in [0.5, 0.6) is 0 Å². The van der Waals surface area contributed by atoms with Gasteiger partial charge in [-0.05, 0) is 44.4 Å². The van der Waals surface area contributed by atoms with Crippen LogP contribution in [0, 0.1) is 6.92 Å². The average Bonchev–Trinajstić information content (AvgIpc) is 2.46. The SMILES string of the molecule is CCC(C)Nc1nc(C)cc(NCCc2cccc(Cl)c2)n1. The Bertz CT molecular complexity index is 615. The molecule has 0 fully saturated rings. The van der Waals surface area contributed by atoms with Crippen LogP contribution in [0.1, 0.15) is 31.5 Å². The Labute approximate surface area is 137 Å². The van der Waals surface area contributed by atoms with Gasteiger partial charge in [-0.1, -0.05) is 30.7 Å². The monoisotopic (exact) mass is 318 g/mol. The van der Waals surface area contributed by atoms with Crippen molar-refractivity contribution >= 4 is 23.4 Å². The summed E-state index contributed by atoms with van der Waals surface area (Å²) in [6.07, 6.45) is 1.94. The highest BCUT2D eigenvalue weighted by atomic mass is 35.5. The lowest BCUT2D eigenvalue weighted by atomic mass is 10.1. The molecule has 0 amide bonds. The second-order valence-corrected chi connectivity index (χ2v) is 5.91. The highest BCUT2D eigenvalue weighted by molar-refractivity contribution is 6.30. The number of aromatic nitrogens is 2. The van der Waals surface area contributed by atoms with Gasteiger partial charge in [-0.15, -0.1) is 0 Å². The Morgan fingerprint density at radius 1 is 1.23 bits per heavy atom. The summed E-state index contributed by atoms with van der Waals surface area (Å²) in [7, 11) is 0. The number of benzene rings is 1. The quantitative estimate of drug-likeness (QED) is 0.799. The maximum absolute atomic E-state index is 6.00. The number of hydrogen-bond acceptors (Lipinski definition) is 4. The number of hydrogen-bond donors (Lipinski definition) is 2. The fourth-order valence-corrected chi connectivity index (χ4v) is 2.29. The lowest BCUT2D eigenvalue weighted by Gasteiger charge is -2.13. The summed E-state index contributed by atoms with van der Waals surface area (Å²) in [4.78, 5) is 8.93. The van der Waals surface area contributed by atoms with E-state index in [1.54, 1.807) is 0 Å². The lowest BCUT2D eigenvalue weighted by molar-refractivity contribution is 0.751. The topological polar surface area (TPSA) is 49.8 Å². The number of halogens is 1. The van der Waals surface area contributed by atoms with Gasteiger partial charge in [-0.25, -0.2) is 4.98 Å². The molecule has 0 bridgehead atoms. The van der Waals surface area contributed by atoms with Gasteiger partial charge in [-0.2, -0.15) is 4.98 Å². The molecule has 4 nitrogen and oxygen atoms in total. The van der Waals surface area contributed by atoms with Crippen LogP contribution >= 0.6 is 11.6 Å². The van der Waals surface area contributed by atoms with E-state index >= 15 is 0 Å². The predicted molar refractivity (Wildman–Crippen MR) is 93.8 cm³/mol. The van der Waals surface area contributed by atoms with E-state index in [1.165, 1.54) is 5.56 Å². The van der Waals surface area contributed by atoms with Crippen LogP contribution in [0.3, 0.4) is 0 Å². The number of anilines is 2. The Hall–Kier alpha value is -1.81. The molecule has 0 saturated heterocycles. The largest absolute Gasteiger partial charge is 0.370 e. The molecule has 1 aromatic carbocycles. The third kappa shape index (κ3) is 5.19. The minimum atomic E-state index is 0.362. The Kier molecular flexibility index (Phi) is 6.01. The highest BCUT2D eigenvalue weighted by Crippen LogP contribution is 2.13. The van der Waals surface area contributed by atoms with E-state index in [-0.39, 0.29) is 0 Å². The molecule has 5 heteroatoms. The lowest BCUT2D eigenvalue weighted by Crippen LogP contribution is -2.17. The van der Waals surface area contributed by atoms with E-state index in [4.69, 9.17) is 11.6 Å². The normalized spacial score (nSPS) is 12.0. The predicted octanol–water partition coefficient (Wildman–Crippen LogP) is 4.30. The van der Waals surface area contributed by atoms with Gasteiger partial charge in [0.25, 0.3) is 0 Å². The Morgan fingerprint density at radius 3 is 2.77 bits per heavy atom. The summed E-state index contributed by atoms with van der Waals surface area (Å²) in [5.74, 6) is 1.53. The second-order valence-electron chi connectivity index (χ2n) is 5.48.